The Morgan fingerprint density at radius 1 is 1.45 bits per heavy atom. The Balaban J connectivity index is 1.60. The molecule has 1 aromatic heterocycles. The van der Waals surface area contributed by atoms with Gasteiger partial charge in [0.05, 0.1) is 6.61 Å². The van der Waals surface area contributed by atoms with Gasteiger partial charge in [0.1, 0.15) is 0 Å². The van der Waals surface area contributed by atoms with Crippen LogP contribution in [-0.2, 0) is 9.53 Å². The molecule has 0 radical (unpaired) electrons. The molecule has 6 heteroatoms. The molecule has 3 unspecified atom stereocenters. The monoisotopic (exact) mass is 294 g/mol. The van der Waals surface area contributed by atoms with Crippen molar-refractivity contribution in [3.63, 3.8) is 0 Å². The number of thiazole rings is 1. The minimum absolute atomic E-state index is 0.0574. The van der Waals surface area contributed by atoms with Crippen molar-refractivity contribution in [2.24, 2.45) is 17.8 Å². The molecule has 3 atom stereocenters. The van der Waals surface area contributed by atoms with Gasteiger partial charge in [0.15, 0.2) is 10.8 Å². The molecule has 5 nitrogen and oxygen atoms in total. The van der Waals surface area contributed by atoms with Crippen molar-refractivity contribution < 1.29 is 14.3 Å². The molecule has 1 amide bonds. The standard InChI is InChI=1S/C14H18N2O3S/c1-2-19-13(18)11-7-20-14(15-11)16-12(17)10-6-8-3-4-9(10)5-8/h7-10H,2-6H2,1H3,(H,15,16,17). The van der Waals surface area contributed by atoms with Crippen molar-refractivity contribution in [2.75, 3.05) is 11.9 Å². The number of anilines is 1. The maximum absolute atomic E-state index is 12.2. The number of amides is 1. The summed E-state index contributed by atoms with van der Waals surface area (Å²) in [7, 11) is 0. The molecule has 0 spiro atoms. The molecule has 1 heterocycles. The van der Waals surface area contributed by atoms with Crippen LogP contribution < -0.4 is 5.32 Å². The Morgan fingerprint density at radius 3 is 2.95 bits per heavy atom. The van der Waals surface area contributed by atoms with Crippen LogP contribution in [-0.4, -0.2) is 23.5 Å². The van der Waals surface area contributed by atoms with Gasteiger partial charge in [0.25, 0.3) is 0 Å². The summed E-state index contributed by atoms with van der Waals surface area (Å²) >= 11 is 1.27. The Bertz CT molecular complexity index is 528. The molecule has 1 aromatic rings. The highest BCUT2D eigenvalue weighted by atomic mass is 32.1. The molecule has 20 heavy (non-hydrogen) atoms. The van der Waals surface area contributed by atoms with Crippen LogP contribution in [0.25, 0.3) is 0 Å². The number of carbonyl (C=O) groups is 2. The number of ether oxygens (including phenoxy) is 1. The highest BCUT2D eigenvalue weighted by molar-refractivity contribution is 7.14. The molecule has 0 aromatic carbocycles. The van der Waals surface area contributed by atoms with E-state index in [4.69, 9.17) is 4.74 Å². The van der Waals surface area contributed by atoms with Gasteiger partial charge in [-0.25, -0.2) is 9.78 Å². The Morgan fingerprint density at radius 2 is 2.30 bits per heavy atom. The zero-order valence-corrected chi connectivity index (χ0v) is 12.2. The van der Waals surface area contributed by atoms with Crippen LogP contribution in [0.15, 0.2) is 5.38 Å². The number of esters is 1. The van der Waals surface area contributed by atoms with Crippen LogP contribution in [0, 0.1) is 17.8 Å². The largest absolute Gasteiger partial charge is 0.461 e. The fourth-order valence-electron chi connectivity index (χ4n) is 3.39. The second kappa shape index (κ2) is 5.52. The third-order valence-electron chi connectivity index (χ3n) is 4.29. The third kappa shape index (κ3) is 2.57. The number of fused-ring (bicyclic) bond motifs is 2. The number of carbonyl (C=O) groups excluding carboxylic acids is 2. The number of aromatic nitrogens is 1. The fourth-order valence-corrected chi connectivity index (χ4v) is 4.08. The molecule has 2 aliphatic carbocycles. The van der Waals surface area contributed by atoms with Gasteiger partial charge in [-0.1, -0.05) is 6.42 Å². The van der Waals surface area contributed by atoms with E-state index in [-0.39, 0.29) is 17.5 Å². The summed E-state index contributed by atoms with van der Waals surface area (Å²) in [4.78, 5) is 27.9. The summed E-state index contributed by atoms with van der Waals surface area (Å²) in [5, 5.41) is 4.95. The van der Waals surface area contributed by atoms with Crippen LogP contribution in [0.1, 0.15) is 43.1 Å². The molecule has 2 bridgehead atoms. The quantitative estimate of drug-likeness (QED) is 0.867. The molecule has 0 aliphatic heterocycles. The Hall–Kier alpha value is -1.43. The second-order valence-electron chi connectivity index (χ2n) is 5.53. The fraction of sp³-hybridized carbons (Fsp3) is 0.643. The molecule has 2 fully saturated rings. The van der Waals surface area contributed by atoms with Gasteiger partial charge < -0.3 is 10.1 Å². The van der Waals surface area contributed by atoms with Crippen LogP contribution in [0.2, 0.25) is 0 Å². The predicted octanol–water partition coefficient (Wildman–Crippen LogP) is 2.69. The van der Waals surface area contributed by atoms with E-state index in [0.29, 0.717) is 17.7 Å². The number of hydrogen-bond donors (Lipinski definition) is 1. The van der Waals surface area contributed by atoms with Gasteiger partial charge in [0.2, 0.25) is 5.91 Å². The highest BCUT2D eigenvalue weighted by Crippen LogP contribution is 2.48. The number of nitrogens with one attached hydrogen (secondary N) is 1. The highest BCUT2D eigenvalue weighted by Gasteiger charge is 2.43. The lowest BCUT2D eigenvalue weighted by Crippen LogP contribution is -2.27. The lowest BCUT2D eigenvalue weighted by atomic mass is 9.88. The molecule has 2 aliphatic rings. The van der Waals surface area contributed by atoms with Gasteiger partial charge in [-0.05, 0) is 38.0 Å². The summed E-state index contributed by atoms with van der Waals surface area (Å²) in [6, 6.07) is 0. The zero-order valence-electron chi connectivity index (χ0n) is 11.4. The van der Waals surface area contributed by atoms with E-state index in [1.54, 1.807) is 12.3 Å². The van der Waals surface area contributed by atoms with Crippen molar-refractivity contribution in [1.29, 1.82) is 0 Å². The van der Waals surface area contributed by atoms with Crippen LogP contribution >= 0.6 is 11.3 Å². The molecular weight excluding hydrogens is 276 g/mol. The lowest BCUT2D eigenvalue weighted by molar-refractivity contribution is -0.121. The Kier molecular flexibility index (Phi) is 3.74. The molecular formula is C14H18N2O3S. The smallest absolute Gasteiger partial charge is 0.357 e. The first-order chi connectivity index (χ1) is 9.67. The Labute approximate surface area is 121 Å². The molecule has 108 valence electrons. The number of nitrogens with zero attached hydrogens (tertiary/aromatic N) is 1. The molecule has 0 saturated heterocycles. The summed E-state index contributed by atoms with van der Waals surface area (Å²) in [5.41, 5.74) is 0.264. The molecule has 2 saturated carbocycles. The van der Waals surface area contributed by atoms with Crippen molar-refractivity contribution in [1.82, 2.24) is 4.98 Å². The van der Waals surface area contributed by atoms with E-state index in [1.165, 1.54) is 30.6 Å². The average Bonchev–Trinajstić information content (AvgIpc) is 3.14. The van der Waals surface area contributed by atoms with Gasteiger partial charge in [0, 0.05) is 11.3 Å². The maximum atomic E-state index is 12.2. The normalized spacial score (nSPS) is 27.6. The number of rotatable bonds is 4. The van der Waals surface area contributed by atoms with E-state index in [0.717, 1.165) is 12.3 Å². The topological polar surface area (TPSA) is 68.3 Å². The third-order valence-corrected chi connectivity index (χ3v) is 5.05. The first-order valence-electron chi connectivity index (χ1n) is 7.11. The van der Waals surface area contributed by atoms with E-state index in [2.05, 4.69) is 10.3 Å². The lowest BCUT2D eigenvalue weighted by Gasteiger charge is -2.19. The predicted molar refractivity (Wildman–Crippen MR) is 75.6 cm³/mol. The van der Waals surface area contributed by atoms with E-state index >= 15 is 0 Å². The molecule has 3 rings (SSSR count). The average molecular weight is 294 g/mol. The minimum Gasteiger partial charge on any atom is -0.461 e. The van der Waals surface area contributed by atoms with Gasteiger partial charge in [-0.3, -0.25) is 4.79 Å². The summed E-state index contributed by atoms with van der Waals surface area (Å²) in [5.74, 6) is 1.03. The van der Waals surface area contributed by atoms with E-state index < -0.39 is 5.97 Å². The van der Waals surface area contributed by atoms with E-state index in [1.807, 2.05) is 0 Å². The minimum atomic E-state index is -0.441. The summed E-state index contributed by atoms with van der Waals surface area (Å²) < 4.78 is 4.88. The van der Waals surface area contributed by atoms with Gasteiger partial charge in [-0.2, -0.15) is 0 Å². The van der Waals surface area contributed by atoms with Crippen molar-refractivity contribution >= 4 is 28.3 Å². The van der Waals surface area contributed by atoms with Gasteiger partial charge >= 0.3 is 5.97 Å². The van der Waals surface area contributed by atoms with E-state index in [9.17, 15) is 9.59 Å². The van der Waals surface area contributed by atoms with Crippen LogP contribution in [0.3, 0.4) is 0 Å². The number of hydrogen-bond acceptors (Lipinski definition) is 5. The molecule has 1 N–H and O–H groups in total. The second-order valence-corrected chi connectivity index (χ2v) is 6.39. The van der Waals surface area contributed by atoms with Crippen LogP contribution in [0.5, 0.6) is 0 Å². The van der Waals surface area contributed by atoms with Crippen molar-refractivity contribution in [3.8, 4) is 0 Å². The maximum Gasteiger partial charge on any atom is 0.357 e. The SMILES string of the molecule is CCOC(=O)c1csc(NC(=O)C2CC3CCC2C3)n1. The summed E-state index contributed by atoms with van der Waals surface area (Å²) in [6.45, 7) is 2.07. The zero-order chi connectivity index (χ0) is 14.1. The first-order valence-corrected chi connectivity index (χ1v) is 7.99. The van der Waals surface area contributed by atoms with Crippen molar-refractivity contribution in [3.05, 3.63) is 11.1 Å². The van der Waals surface area contributed by atoms with Crippen molar-refractivity contribution in [2.45, 2.75) is 32.6 Å². The summed E-state index contributed by atoms with van der Waals surface area (Å²) in [6.07, 6.45) is 4.66. The first kappa shape index (κ1) is 13.5. The van der Waals surface area contributed by atoms with Crippen LogP contribution in [0.4, 0.5) is 5.13 Å². The van der Waals surface area contributed by atoms with Gasteiger partial charge in [-0.15, -0.1) is 11.3 Å².